The van der Waals surface area contributed by atoms with E-state index in [0.29, 0.717) is 5.92 Å². The van der Waals surface area contributed by atoms with Gasteiger partial charge in [-0.05, 0) is 0 Å². The second kappa shape index (κ2) is 8.35. The fourth-order valence-corrected chi connectivity index (χ4v) is 7.70. The van der Waals surface area contributed by atoms with Gasteiger partial charge in [-0.1, -0.05) is 0 Å². The summed E-state index contributed by atoms with van der Waals surface area (Å²) in [5.74, 6) is 0.552. The van der Waals surface area contributed by atoms with Gasteiger partial charge in [0, 0.05) is 0 Å². The third-order valence-corrected chi connectivity index (χ3v) is 9.51. The van der Waals surface area contributed by atoms with Crippen molar-refractivity contribution in [2.75, 3.05) is 0 Å². The van der Waals surface area contributed by atoms with Crippen LogP contribution in [-0.2, 0) is 29.7 Å². The number of fused-ring (bicyclic) bond motifs is 3. The summed E-state index contributed by atoms with van der Waals surface area (Å²) in [6.07, 6.45) is 9.39. The predicted octanol–water partition coefficient (Wildman–Crippen LogP) is -0.816. The number of allylic oxidation sites excluding steroid dienone is 4. The molecule has 0 aliphatic heterocycles. The summed E-state index contributed by atoms with van der Waals surface area (Å²) in [5.41, 5.74) is 8.58. The van der Waals surface area contributed by atoms with Crippen molar-refractivity contribution in [3.63, 3.8) is 0 Å². The van der Waals surface area contributed by atoms with Gasteiger partial charge >= 0.3 is 160 Å². The van der Waals surface area contributed by atoms with Gasteiger partial charge in [-0.2, -0.15) is 0 Å². The van der Waals surface area contributed by atoms with Crippen LogP contribution in [0.25, 0.3) is 16.7 Å². The van der Waals surface area contributed by atoms with E-state index in [2.05, 4.69) is 67.6 Å². The number of halogens is 2. The van der Waals surface area contributed by atoms with Gasteiger partial charge in [0.2, 0.25) is 0 Å². The predicted molar refractivity (Wildman–Crippen MR) is 98.3 cm³/mol. The Hall–Kier alpha value is -1.34. The van der Waals surface area contributed by atoms with E-state index < -0.39 is 23.2 Å². The molecule has 1 unspecified atom stereocenters. The van der Waals surface area contributed by atoms with Crippen molar-refractivity contribution in [1.29, 1.82) is 0 Å². The van der Waals surface area contributed by atoms with Crippen molar-refractivity contribution >= 4 is 8.84 Å². The van der Waals surface area contributed by atoms with Crippen LogP contribution in [0.3, 0.4) is 0 Å². The van der Waals surface area contributed by atoms with Gasteiger partial charge in [-0.15, -0.1) is 0 Å². The van der Waals surface area contributed by atoms with Gasteiger partial charge in [0.1, 0.15) is 0 Å². The molecule has 1 nitrogen and oxygen atoms in total. The van der Waals surface area contributed by atoms with Crippen molar-refractivity contribution in [3.05, 3.63) is 93.2 Å². The van der Waals surface area contributed by atoms with Gasteiger partial charge in [0.15, 0.2) is 0 Å². The molecule has 0 amide bonds. The first-order valence-electron chi connectivity index (χ1n) is 8.73. The van der Waals surface area contributed by atoms with E-state index >= 15 is 0 Å². The summed E-state index contributed by atoms with van der Waals surface area (Å²) in [6, 6.07) is 17.9. The van der Waals surface area contributed by atoms with Crippen molar-refractivity contribution < 1.29 is 52.5 Å². The summed E-state index contributed by atoms with van der Waals surface area (Å²) >= 11 is -0.853. The monoisotopic (exact) mass is 470 g/mol. The molecule has 0 spiro atoms. The van der Waals surface area contributed by atoms with Crippen LogP contribution < -0.4 is 28.1 Å². The molecule has 0 N–H and O–H groups in total. The van der Waals surface area contributed by atoms with Gasteiger partial charge in [-0.25, -0.2) is 0 Å². The zero-order chi connectivity index (χ0) is 16.8. The van der Waals surface area contributed by atoms with Crippen LogP contribution in [0.4, 0.5) is 0 Å². The number of rotatable bonds is 3. The number of benzene rings is 2. The Kier molecular flexibility index (Phi) is 6.31. The third-order valence-electron chi connectivity index (χ3n) is 5.25. The van der Waals surface area contributed by atoms with E-state index in [9.17, 15) is 0 Å². The van der Waals surface area contributed by atoms with E-state index in [0.717, 1.165) is 6.42 Å². The maximum Gasteiger partial charge on any atom is -1.00 e. The molecule has 0 fully saturated rings. The summed E-state index contributed by atoms with van der Waals surface area (Å²) in [7, 11) is 0. The van der Waals surface area contributed by atoms with Gasteiger partial charge in [0.25, 0.3) is 0 Å². The average Bonchev–Trinajstić information content (AvgIpc) is 3.35. The molecular formula is C23H18Cl2OZr. The van der Waals surface area contributed by atoms with Crippen molar-refractivity contribution in [1.82, 2.24) is 0 Å². The minimum absolute atomic E-state index is 0. The van der Waals surface area contributed by atoms with Crippen LogP contribution in [0.1, 0.15) is 23.6 Å². The quantitative estimate of drug-likeness (QED) is 0.380. The first-order valence-corrected chi connectivity index (χ1v) is 11.2. The zero-order valence-corrected chi connectivity index (χ0v) is 18.8. The Morgan fingerprint density at radius 3 is 2.59 bits per heavy atom. The maximum atomic E-state index is 5.33. The van der Waals surface area contributed by atoms with Gasteiger partial charge in [-0.3, -0.25) is 0 Å². The van der Waals surface area contributed by atoms with Crippen LogP contribution >= 0.6 is 0 Å². The Morgan fingerprint density at radius 2 is 1.78 bits per heavy atom. The largest absolute Gasteiger partial charge is 1.00 e. The normalized spacial score (nSPS) is 16.3. The molecule has 0 bridgehead atoms. The smallest absolute Gasteiger partial charge is 1.00 e. The Balaban J connectivity index is 0.00000105. The fraction of sp³-hybridized carbons (Fsp3) is 0.130. The van der Waals surface area contributed by atoms with E-state index in [1.165, 1.54) is 27.8 Å². The first-order chi connectivity index (χ1) is 12.3. The molecule has 1 atom stereocenters. The third kappa shape index (κ3) is 3.56. The Morgan fingerprint density at radius 1 is 0.963 bits per heavy atom. The average molecular weight is 473 g/mol. The second-order valence-electron chi connectivity index (χ2n) is 6.78. The van der Waals surface area contributed by atoms with Crippen molar-refractivity contribution in [2.24, 2.45) is 5.92 Å². The summed E-state index contributed by atoms with van der Waals surface area (Å²) < 4.78 is 8.62. The molecule has 5 rings (SSSR count). The second-order valence-corrected chi connectivity index (χ2v) is 10.0. The van der Waals surface area contributed by atoms with Crippen LogP contribution in [0.2, 0.25) is 0 Å². The minimum atomic E-state index is -0.853. The Labute approximate surface area is 184 Å². The van der Waals surface area contributed by atoms with Crippen LogP contribution in [-0.4, -0.2) is 0 Å². The summed E-state index contributed by atoms with van der Waals surface area (Å²) in [4.78, 5) is 0. The molecule has 27 heavy (non-hydrogen) atoms. The first kappa shape index (κ1) is 20.4. The molecule has 2 aliphatic rings. The van der Waals surface area contributed by atoms with Gasteiger partial charge in [0.05, 0.1) is 0 Å². The molecule has 0 radical (unpaired) electrons. The molecule has 0 saturated heterocycles. The van der Waals surface area contributed by atoms with Gasteiger partial charge < -0.3 is 24.8 Å². The number of hydrogen-bond acceptors (Lipinski definition) is 1. The SMILES string of the molecule is CC1C=CC(c2ccoc2)=[C]1[Zr+2][c]1cccc2c1Cc1ccccc1-2.[Cl-].[Cl-]. The molecule has 0 saturated carbocycles. The van der Waals surface area contributed by atoms with E-state index in [-0.39, 0.29) is 24.8 Å². The number of hydrogen-bond donors (Lipinski definition) is 0. The Bertz CT molecular complexity index is 1020. The topological polar surface area (TPSA) is 13.1 Å². The van der Waals surface area contributed by atoms with Crippen molar-refractivity contribution in [2.45, 2.75) is 13.3 Å². The zero-order valence-electron chi connectivity index (χ0n) is 14.9. The van der Waals surface area contributed by atoms with E-state index in [1.54, 1.807) is 18.4 Å². The fourth-order valence-electron chi connectivity index (χ4n) is 3.94. The van der Waals surface area contributed by atoms with Crippen LogP contribution in [0.15, 0.2) is 80.9 Å². The molecule has 1 aromatic heterocycles. The standard InChI is InChI=1S/C13H9.C10H9O.2ClH.Zr/c1-3-7-12-10(5-1)9-11-6-2-4-8-13(11)12;1-8-2-3-9(6-8)10-4-5-11-7-10;;;/h1-5,7-8H,9H2;2-5,7-8H,1H3;2*1H;/q;;;;+2/p-2. The molecule has 1 heterocycles. The minimum Gasteiger partial charge on any atom is -1.00 e. The molecule has 2 aliphatic carbocycles. The molecule has 3 aromatic rings. The number of furan rings is 1. The summed E-state index contributed by atoms with van der Waals surface area (Å²) in [6.45, 7) is 2.33. The molecule has 134 valence electrons. The van der Waals surface area contributed by atoms with Crippen molar-refractivity contribution in [3.8, 4) is 11.1 Å². The van der Waals surface area contributed by atoms with E-state index in [4.69, 9.17) is 4.42 Å². The summed E-state index contributed by atoms with van der Waals surface area (Å²) in [5, 5.41) is 0. The maximum absolute atomic E-state index is 5.33. The van der Waals surface area contributed by atoms with Crippen LogP contribution in [0.5, 0.6) is 0 Å². The van der Waals surface area contributed by atoms with Crippen LogP contribution in [0, 0.1) is 5.92 Å². The molecule has 2 aromatic carbocycles. The molecular weight excluding hydrogens is 454 g/mol. The molecule has 4 heteroatoms. The van der Waals surface area contributed by atoms with E-state index in [1.807, 2.05) is 6.26 Å².